The van der Waals surface area contributed by atoms with Crippen LogP contribution in [0.1, 0.15) is 33.6 Å². The van der Waals surface area contributed by atoms with E-state index in [1.807, 2.05) is 0 Å². The zero-order chi connectivity index (χ0) is 19.1. The van der Waals surface area contributed by atoms with Gasteiger partial charge in [-0.25, -0.2) is 0 Å². The Kier molecular flexibility index (Phi) is 6.32. The zero-order valence-electron chi connectivity index (χ0n) is 14.4. The standard InChI is InChI=1S/C19H19NO6/c1-25-15-4-3-5-16(26-2)18(15)19(24)20-13-8-6-12(7-9-13)14(21)10-11-17(22)23/h3-9H,10-11H2,1-2H3,(H,20,24)(H,22,23). The number of ether oxygens (including phenoxy) is 2. The molecule has 0 radical (unpaired) electrons. The van der Waals surface area contributed by atoms with E-state index in [0.29, 0.717) is 22.7 Å². The number of anilines is 1. The van der Waals surface area contributed by atoms with Crippen LogP contribution in [0.3, 0.4) is 0 Å². The zero-order valence-corrected chi connectivity index (χ0v) is 14.4. The van der Waals surface area contributed by atoms with Crippen LogP contribution < -0.4 is 14.8 Å². The van der Waals surface area contributed by atoms with Gasteiger partial charge >= 0.3 is 5.97 Å². The van der Waals surface area contributed by atoms with Crippen LogP contribution in [-0.4, -0.2) is 37.0 Å². The predicted molar refractivity (Wildman–Crippen MR) is 95.1 cm³/mol. The van der Waals surface area contributed by atoms with E-state index in [1.165, 1.54) is 14.2 Å². The molecule has 7 heteroatoms. The van der Waals surface area contributed by atoms with Crippen molar-refractivity contribution in [2.24, 2.45) is 0 Å². The van der Waals surface area contributed by atoms with Gasteiger partial charge in [0.15, 0.2) is 5.78 Å². The molecule has 0 heterocycles. The second-order valence-corrected chi connectivity index (χ2v) is 5.39. The van der Waals surface area contributed by atoms with Crippen molar-refractivity contribution in [1.82, 2.24) is 0 Å². The summed E-state index contributed by atoms with van der Waals surface area (Å²) in [5, 5.41) is 11.3. The van der Waals surface area contributed by atoms with Crippen LogP contribution in [0.15, 0.2) is 42.5 Å². The number of carbonyl (C=O) groups excluding carboxylic acids is 2. The second kappa shape index (κ2) is 8.66. The number of carboxylic acid groups (broad SMARTS) is 1. The first-order valence-corrected chi connectivity index (χ1v) is 7.83. The number of ketones is 1. The molecule has 0 bridgehead atoms. The molecule has 26 heavy (non-hydrogen) atoms. The van der Waals surface area contributed by atoms with Crippen LogP contribution in [0.5, 0.6) is 11.5 Å². The van der Waals surface area contributed by atoms with Crippen LogP contribution in [-0.2, 0) is 4.79 Å². The Labute approximate surface area is 150 Å². The van der Waals surface area contributed by atoms with E-state index in [0.717, 1.165) is 0 Å². The number of amides is 1. The van der Waals surface area contributed by atoms with Gasteiger partial charge in [-0.3, -0.25) is 14.4 Å². The van der Waals surface area contributed by atoms with Crippen molar-refractivity contribution < 1.29 is 29.0 Å². The van der Waals surface area contributed by atoms with Gasteiger partial charge < -0.3 is 19.9 Å². The minimum atomic E-state index is -1.02. The van der Waals surface area contributed by atoms with Crippen LogP contribution in [0.25, 0.3) is 0 Å². The molecular weight excluding hydrogens is 338 g/mol. The highest BCUT2D eigenvalue weighted by Gasteiger charge is 2.18. The van der Waals surface area contributed by atoms with E-state index >= 15 is 0 Å². The van der Waals surface area contributed by atoms with E-state index in [-0.39, 0.29) is 24.2 Å². The third-order valence-corrected chi connectivity index (χ3v) is 3.69. The fraction of sp³-hybridized carbons (Fsp3) is 0.211. The number of rotatable bonds is 8. The molecule has 0 atom stereocenters. The molecule has 2 aromatic rings. The maximum Gasteiger partial charge on any atom is 0.303 e. The molecule has 2 aromatic carbocycles. The third-order valence-electron chi connectivity index (χ3n) is 3.69. The molecule has 2 N–H and O–H groups in total. The largest absolute Gasteiger partial charge is 0.496 e. The molecule has 7 nitrogen and oxygen atoms in total. The van der Waals surface area contributed by atoms with Crippen LogP contribution in [0, 0.1) is 0 Å². The van der Waals surface area contributed by atoms with Gasteiger partial charge in [-0.2, -0.15) is 0 Å². The van der Waals surface area contributed by atoms with Crippen LogP contribution >= 0.6 is 0 Å². The number of nitrogens with one attached hydrogen (secondary N) is 1. The van der Waals surface area contributed by atoms with Gasteiger partial charge in [-0.15, -0.1) is 0 Å². The molecule has 0 aliphatic carbocycles. The summed E-state index contributed by atoms with van der Waals surface area (Å²) in [4.78, 5) is 35.0. The number of methoxy groups -OCH3 is 2. The summed E-state index contributed by atoms with van der Waals surface area (Å²) in [6, 6.07) is 11.3. The van der Waals surface area contributed by atoms with Gasteiger partial charge in [0, 0.05) is 17.7 Å². The third kappa shape index (κ3) is 4.60. The molecule has 0 spiro atoms. The first-order valence-electron chi connectivity index (χ1n) is 7.83. The molecule has 0 fully saturated rings. The number of carboxylic acids is 1. The predicted octanol–water partition coefficient (Wildman–Crippen LogP) is 3.00. The van der Waals surface area contributed by atoms with E-state index in [1.54, 1.807) is 42.5 Å². The van der Waals surface area contributed by atoms with Crippen molar-refractivity contribution in [3.63, 3.8) is 0 Å². The Morgan fingerprint density at radius 1 is 0.923 bits per heavy atom. The SMILES string of the molecule is COc1cccc(OC)c1C(=O)Nc1ccc(C(=O)CCC(=O)O)cc1. The summed E-state index contributed by atoms with van der Waals surface area (Å²) in [6.07, 6.45) is -0.287. The fourth-order valence-electron chi connectivity index (χ4n) is 2.37. The Morgan fingerprint density at radius 2 is 1.50 bits per heavy atom. The Bertz CT molecular complexity index is 791. The van der Waals surface area contributed by atoms with Crippen molar-refractivity contribution in [3.05, 3.63) is 53.6 Å². The molecule has 2 rings (SSSR count). The number of aliphatic carboxylic acids is 1. The van der Waals surface area contributed by atoms with E-state index < -0.39 is 11.9 Å². The van der Waals surface area contributed by atoms with Crippen LogP contribution in [0.2, 0.25) is 0 Å². The topological polar surface area (TPSA) is 102 Å². The summed E-state index contributed by atoms with van der Waals surface area (Å²) in [7, 11) is 2.92. The normalized spacial score (nSPS) is 10.1. The molecule has 1 amide bonds. The summed E-state index contributed by atoms with van der Waals surface area (Å²) in [5.41, 5.74) is 1.14. The highest BCUT2D eigenvalue weighted by molar-refractivity contribution is 6.08. The lowest BCUT2D eigenvalue weighted by Gasteiger charge is -2.13. The molecule has 0 unspecified atom stereocenters. The number of carbonyl (C=O) groups is 3. The van der Waals surface area contributed by atoms with Crippen molar-refractivity contribution >= 4 is 23.3 Å². The quantitative estimate of drug-likeness (QED) is 0.704. The Balaban J connectivity index is 2.13. The van der Waals surface area contributed by atoms with Gasteiger partial charge in [0.2, 0.25) is 0 Å². The number of hydrogen-bond donors (Lipinski definition) is 2. The molecular formula is C19H19NO6. The van der Waals surface area contributed by atoms with Crippen molar-refractivity contribution in [2.45, 2.75) is 12.8 Å². The van der Waals surface area contributed by atoms with Crippen LogP contribution in [0.4, 0.5) is 5.69 Å². The lowest BCUT2D eigenvalue weighted by Crippen LogP contribution is -2.14. The van der Waals surface area contributed by atoms with E-state index in [9.17, 15) is 14.4 Å². The first-order chi connectivity index (χ1) is 12.5. The number of Topliss-reactive ketones (excluding diaryl/α,β-unsaturated/α-hetero) is 1. The number of hydrogen-bond acceptors (Lipinski definition) is 5. The molecule has 0 saturated heterocycles. The maximum atomic E-state index is 12.6. The minimum Gasteiger partial charge on any atom is -0.496 e. The fourth-order valence-corrected chi connectivity index (χ4v) is 2.37. The van der Waals surface area contributed by atoms with Crippen molar-refractivity contribution in [2.75, 3.05) is 19.5 Å². The summed E-state index contributed by atoms with van der Waals surface area (Å²) in [5.74, 6) is -0.946. The summed E-state index contributed by atoms with van der Waals surface area (Å²) < 4.78 is 10.4. The Hall–Kier alpha value is -3.35. The van der Waals surface area contributed by atoms with Gasteiger partial charge in [-0.05, 0) is 36.4 Å². The van der Waals surface area contributed by atoms with Gasteiger partial charge in [-0.1, -0.05) is 6.07 Å². The average Bonchev–Trinajstić information content (AvgIpc) is 2.65. The van der Waals surface area contributed by atoms with Gasteiger partial charge in [0.25, 0.3) is 5.91 Å². The maximum absolute atomic E-state index is 12.6. The summed E-state index contributed by atoms with van der Waals surface area (Å²) in [6.45, 7) is 0. The van der Waals surface area contributed by atoms with Crippen molar-refractivity contribution in [1.29, 1.82) is 0 Å². The monoisotopic (exact) mass is 357 g/mol. The van der Waals surface area contributed by atoms with Gasteiger partial charge in [0.05, 0.1) is 20.6 Å². The lowest BCUT2D eigenvalue weighted by atomic mass is 10.1. The Morgan fingerprint density at radius 3 is 2.00 bits per heavy atom. The van der Waals surface area contributed by atoms with Crippen molar-refractivity contribution in [3.8, 4) is 11.5 Å². The van der Waals surface area contributed by atoms with E-state index in [2.05, 4.69) is 5.32 Å². The lowest BCUT2D eigenvalue weighted by molar-refractivity contribution is -0.136. The first kappa shape index (κ1) is 19.0. The number of benzene rings is 2. The molecule has 0 aliphatic heterocycles. The molecule has 0 aliphatic rings. The highest BCUT2D eigenvalue weighted by Crippen LogP contribution is 2.29. The molecule has 0 saturated carbocycles. The smallest absolute Gasteiger partial charge is 0.303 e. The second-order valence-electron chi connectivity index (χ2n) is 5.39. The molecule has 136 valence electrons. The summed E-state index contributed by atoms with van der Waals surface area (Å²) >= 11 is 0. The minimum absolute atomic E-state index is 0.0700. The highest BCUT2D eigenvalue weighted by atomic mass is 16.5. The molecule has 0 aromatic heterocycles. The van der Waals surface area contributed by atoms with E-state index in [4.69, 9.17) is 14.6 Å². The van der Waals surface area contributed by atoms with Gasteiger partial charge in [0.1, 0.15) is 17.1 Å². The average molecular weight is 357 g/mol.